The standard InChI is InChI=1S/C16H20FNO/c1-16(2,8-9-18-12-6-7-12)14-10-11-4-3-5-13(17)15(11)19-14/h3-5,10,12,18H,6-9H2,1-2H3. The minimum atomic E-state index is -0.282. The van der Waals surface area contributed by atoms with E-state index in [1.807, 2.05) is 12.1 Å². The summed E-state index contributed by atoms with van der Waals surface area (Å²) >= 11 is 0. The van der Waals surface area contributed by atoms with Crippen LogP contribution in [0.3, 0.4) is 0 Å². The second-order valence-electron chi connectivity index (χ2n) is 6.13. The largest absolute Gasteiger partial charge is 0.457 e. The number of para-hydroxylation sites is 1. The van der Waals surface area contributed by atoms with Gasteiger partial charge in [0, 0.05) is 16.8 Å². The van der Waals surface area contributed by atoms with Crippen molar-refractivity contribution in [2.45, 2.75) is 44.6 Å². The van der Waals surface area contributed by atoms with Gasteiger partial charge in [-0.1, -0.05) is 26.0 Å². The van der Waals surface area contributed by atoms with Gasteiger partial charge in [0.15, 0.2) is 11.4 Å². The molecule has 3 heteroatoms. The molecule has 2 nitrogen and oxygen atoms in total. The van der Waals surface area contributed by atoms with Gasteiger partial charge in [-0.05, 0) is 37.9 Å². The number of hydrogen-bond acceptors (Lipinski definition) is 2. The van der Waals surface area contributed by atoms with Crippen LogP contribution in [0.2, 0.25) is 0 Å². The molecule has 0 atom stereocenters. The zero-order valence-corrected chi connectivity index (χ0v) is 11.5. The van der Waals surface area contributed by atoms with Crippen LogP contribution in [0.15, 0.2) is 28.7 Å². The van der Waals surface area contributed by atoms with Crippen LogP contribution in [-0.2, 0) is 5.41 Å². The summed E-state index contributed by atoms with van der Waals surface area (Å²) in [5, 5.41) is 4.36. The summed E-state index contributed by atoms with van der Waals surface area (Å²) in [6.07, 6.45) is 3.59. The van der Waals surface area contributed by atoms with Gasteiger partial charge in [0.2, 0.25) is 0 Å². The van der Waals surface area contributed by atoms with Crippen LogP contribution in [0.4, 0.5) is 4.39 Å². The molecule has 1 aliphatic carbocycles. The van der Waals surface area contributed by atoms with Crippen molar-refractivity contribution in [1.29, 1.82) is 0 Å². The van der Waals surface area contributed by atoms with Gasteiger partial charge < -0.3 is 9.73 Å². The van der Waals surface area contributed by atoms with E-state index in [-0.39, 0.29) is 11.2 Å². The number of hydrogen-bond donors (Lipinski definition) is 1. The lowest BCUT2D eigenvalue weighted by molar-refractivity contribution is 0.367. The van der Waals surface area contributed by atoms with Crippen molar-refractivity contribution in [1.82, 2.24) is 5.32 Å². The molecule has 1 saturated carbocycles. The maximum atomic E-state index is 13.6. The van der Waals surface area contributed by atoms with Gasteiger partial charge in [0.1, 0.15) is 5.76 Å². The number of nitrogens with one attached hydrogen (secondary N) is 1. The average molecular weight is 261 g/mol. The summed E-state index contributed by atoms with van der Waals surface area (Å²) in [5.74, 6) is 0.584. The molecule has 1 aromatic heterocycles. The third kappa shape index (κ3) is 2.66. The Morgan fingerprint density at radius 2 is 2.16 bits per heavy atom. The molecule has 1 fully saturated rings. The number of rotatable bonds is 5. The molecule has 102 valence electrons. The van der Waals surface area contributed by atoms with Gasteiger partial charge in [0.05, 0.1) is 0 Å². The van der Waals surface area contributed by atoms with Gasteiger partial charge in [-0.15, -0.1) is 0 Å². The van der Waals surface area contributed by atoms with Crippen molar-refractivity contribution in [3.63, 3.8) is 0 Å². The van der Waals surface area contributed by atoms with Crippen LogP contribution in [0.1, 0.15) is 38.9 Å². The van der Waals surface area contributed by atoms with Crippen molar-refractivity contribution < 1.29 is 8.81 Å². The Hall–Kier alpha value is -1.35. The summed E-state index contributed by atoms with van der Waals surface area (Å²) in [5.41, 5.74) is 0.300. The summed E-state index contributed by atoms with van der Waals surface area (Å²) in [6.45, 7) is 5.28. The molecule has 0 saturated heterocycles. The molecule has 19 heavy (non-hydrogen) atoms. The Morgan fingerprint density at radius 1 is 1.37 bits per heavy atom. The zero-order chi connectivity index (χ0) is 13.5. The second-order valence-corrected chi connectivity index (χ2v) is 6.13. The molecular formula is C16H20FNO. The first kappa shape index (κ1) is 12.7. The van der Waals surface area contributed by atoms with Gasteiger partial charge >= 0.3 is 0 Å². The van der Waals surface area contributed by atoms with E-state index in [0.717, 1.165) is 30.2 Å². The predicted molar refractivity (Wildman–Crippen MR) is 74.8 cm³/mol. The van der Waals surface area contributed by atoms with Crippen LogP contribution < -0.4 is 5.32 Å². The Bertz CT molecular complexity index is 583. The van der Waals surface area contributed by atoms with Crippen LogP contribution in [-0.4, -0.2) is 12.6 Å². The number of furan rings is 1. The quantitative estimate of drug-likeness (QED) is 0.880. The first-order chi connectivity index (χ1) is 9.06. The summed E-state index contributed by atoms with van der Waals surface area (Å²) in [6, 6.07) is 7.75. The summed E-state index contributed by atoms with van der Waals surface area (Å²) < 4.78 is 19.4. The Balaban J connectivity index is 1.78. The summed E-state index contributed by atoms with van der Waals surface area (Å²) in [7, 11) is 0. The van der Waals surface area contributed by atoms with E-state index in [0.29, 0.717) is 5.58 Å². The highest BCUT2D eigenvalue weighted by molar-refractivity contribution is 5.78. The van der Waals surface area contributed by atoms with Crippen LogP contribution >= 0.6 is 0 Å². The monoisotopic (exact) mass is 261 g/mol. The lowest BCUT2D eigenvalue weighted by Crippen LogP contribution is -2.26. The molecule has 0 radical (unpaired) electrons. The SMILES string of the molecule is CC(C)(CCNC1CC1)c1cc2cccc(F)c2o1. The number of fused-ring (bicyclic) bond motifs is 1. The maximum Gasteiger partial charge on any atom is 0.169 e. The molecular weight excluding hydrogens is 241 g/mol. The van der Waals surface area contributed by atoms with Crippen molar-refractivity contribution in [3.05, 3.63) is 35.8 Å². The van der Waals surface area contributed by atoms with Crippen LogP contribution in [0, 0.1) is 5.82 Å². The lowest BCUT2D eigenvalue weighted by atomic mass is 9.86. The van der Waals surface area contributed by atoms with Gasteiger partial charge in [-0.3, -0.25) is 0 Å². The fourth-order valence-electron chi connectivity index (χ4n) is 2.36. The zero-order valence-electron chi connectivity index (χ0n) is 11.5. The fourth-order valence-corrected chi connectivity index (χ4v) is 2.36. The molecule has 0 bridgehead atoms. The molecule has 0 aliphatic heterocycles. The Kier molecular flexibility index (Phi) is 3.09. The molecule has 1 N–H and O–H groups in total. The van der Waals surface area contributed by atoms with E-state index in [9.17, 15) is 4.39 Å². The third-order valence-corrected chi connectivity index (χ3v) is 3.92. The van der Waals surface area contributed by atoms with E-state index in [2.05, 4.69) is 19.2 Å². The average Bonchev–Trinajstić information content (AvgIpc) is 3.05. The molecule has 1 heterocycles. The Morgan fingerprint density at radius 3 is 2.84 bits per heavy atom. The number of halogens is 1. The first-order valence-electron chi connectivity index (χ1n) is 6.98. The van der Waals surface area contributed by atoms with E-state index < -0.39 is 0 Å². The summed E-state index contributed by atoms with van der Waals surface area (Å²) in [4.78, 5) is 0. The second kappa shape index (κ2) is 4.64. The smallest absolute Gasteiger partial charge is 0.169 e. The van der Waals surface area contributed by atoms with E-state index in [1.165, 1.54) is 18.9 Å². The molecule has 0 spiro atoms. The van der Waals surface area contributed by atoms with Crippen LogP contribution in [0.25, 0.3) is 11.0 Å². The molecule has 1 aromatic carbocycles. The van der Waals surface area contributed by atoms with E-state index in [4.69, 9.17) is 4.42 Å². The minimum Gasteiger partial charge on any atom is -0.457 e. The van der Waals surface area contributed by atoms with Gasteiger partial charge in [-0.2, -0.15) is 0 Å². The molecule has 1 aliphatic rings. The normalized spacial score (nSPS) is 16.2. The van der Waals surface area contributed by atoms with Crippen molar-refractivity contribution >= 4 is 11.0 Å². The van der Waals surface area contributed by atoms with Crippen LogP contribution in [0.5, 0.6) is 0 Å². The lowest BCUT2D eigenvalue weighted by Gasteiger charge is -2.22. The molecule has 0 amide bonds. The maximum absolute atomic E-state index is 13.6. The fraction of sp³-hybridized carbons (Fsp3) is 0.500. The van der Waals surface area contributed by atoms with Gasteiger partial charge in [-0.25, -0.2) is 4.39 Å². The van der Waals surface area contributed by atoms with Gasteiger partial charge in [0.25, 0.3) is 0 Å². The predicted octanol–water partition coefficient (Wildman–Crippen LogP) is 3.99. The Labute approximate surface area is 113 Å². The molecule has 0 unspecified atom stereocenters. The number of benzene rings is 1. The topological polar surface area (TPSA) is 25.2 Å². The minimum absolute atomic E-state index is 0.0760. The van der Waals surface area contributed by atoms with Crippen molar-refractivity contribution in [2.75, 3.05) is 6.54 Å². The first-order valence-corrected chi connectivity index (χ1v) is 6.98. The van der Waals surface area contributed by atoms with Crippen molar-refractivity contribution in [2.24, 2.45) is 0 Å². The highest BCUT2D eigenvalue weighted by Crippen LogP contribution is 2.33. The highest BCUT2D eigenvalue weighted by atomic mass is 19.1. The van der Waals surface area contributed by atoms with Crippen molar-refractivity contribution in [3.8, 4) is 0 Å². The van der Waals surface area contributed by atoms with E-state index >= 15 is 0 Å². The molecule has 2 aromatic rings. The molecule has 3 rings (SSSR count). The highest BCUT2D eigenvalue weighted by Gasteiger charge is 2.27. The van der Waals surface area contributed by atoms with E-state index in [1.54, 1.807) is 6.07 Å². The third-order valence-electron chi connectivity index (χ3n) is 3.92.